The molecule has 2 unspecified atom stereocenters. The Morgan fingerprint density at radius 1 is 1.03 bits per heavy atom. The van der Waals surface area contributed by atoms with Gasteiger partial charge in [-0.05, 0) is 30.9 Å². The molecule has 1 aromatic carbocycles. The van der Waals surface area contributed by atoms with E-state index in [1.807, 2.05) is 13.8 Å². The number of carbonyl (C=O) groups excluding carboxylic acids is 3. The highest BCUT2D eigenvalue weighted by Gasteiger charge is 2.44. The number of nitrogens with one attached hydrogen (secondary N) is 1. The Kier molecular flexibility index (Phi) is 6.42. The number of amides is 3. The van der Waals surface area contributed by atoms with E-state index in [4.69, 9.17) is 0 Å². The summed E-state index contributed by atoms with van der Waals surface area (Å²) in [5.41, 5.74) is 0.677. The molecule has 0 saturated carbocycles. The average molecular weight is 415 g/mol. The normalized spacial score (nSPS) is 15.6. The van der Waals surface area contributed by atoms with E-state index in [1.165, 1.54) is 11.3 Å². The minimum absolute atomic E-state index is 0.205. The fraction of sp³-hybridized carbons (Fsp3) is 0.476. The summed E-state index contributed by atoms with van der Waals surface area (Å²) in [6.45, 7) is 7.98. The largest absolute Gasteiger partial charge is 0.299 e. The van der Waals surface area contributed by atoms with E-state index in [0.717, 1.165) is 22.7 Å². The van der Waals surface area contributed by atoms with Gasteiger partial charge in [-0.25, -0.2) is 0 Å². The summed E-state index contributed by atoms with van der Waals surface area (Å²) in [4.78, 5) is 40.0. The Morgan fingerprint density at radius 3 is 2.14 bits per heavy atom. The molecule has 0 fully saturated rings. The first kappa shape index (κ1) is 21.1. The van der Waals surface area contributed by atoms with Gasteiger partial charge in [0, 0.05) is 5.92 Å². The van der Waals surface area contributed by atoms with Crippen LogP contribution in [0.3, 0.4) is 0 Å². The van der Waals surface area contributed by atoms with Gasteiger partial charge in [-0.15, -0.1) is 10.2 Å². The van der Waals surface area contributed by atoms with E-state index < -0.39 is 23.8 Å². The van der Waals surface area contributed by atoms with Crippen LogP contribution in [-0.2, 0) is 4.79 Å². The predicted molar refractivity (Wildman–Crippen MR) is 112 cm³/mol. The van der Waals surface area contributed by atoms with E-state index in [-0.39, 0.29) is 5.92 Å². The molecule has 1 aliphatic rings. The standard InChI is InChI=1S/C21H26N4O3S/c1-5-12(4)16(25-19(27)14-10-8-9-11-15(14)20(25)28)17(26)22-21-24-23-18(29-21)13(6-2)7-3/h8-13,16H,5-7H2,1-4H3,(H,22,24,26). The van der Waals surface area contributed by atoms with Crippen molar-refractivity contribution in [2.24, 2.45) is 5.92 Å². The molecule has 0 bridgehead atoms. The Hall–Kier alpha value is -2.61. The van der Waals surface area contributed by atoms with Crippen LogP contribution in [0.4, 0.5) is 5.13 Å². The monoisotopic (exact) mass is 414 g/mol. The van der Waals surface area contributed by atoms with Crippen LogP contribution in [0.25, 0.3) is 0 Å². The SMILES string of the molecule is CCC(CC)c1nnc(NC(=O)C(C(C)CC)N2C(=O)c3ccccc3C2=O)s1. The van der Waals surface area contributed by atoms with E-state index in [1.54, 1.807) is 24.3 Å². The number of rotatable bonds is 8. The Bertz CT molecular complexity index is 887. The Labute approximate surface area is 174 Å². The van der Waals surface area contributed by atoms with Gasteiger partial charge in [-0.1, -0.05) is 57.6 Å². The molecule has 3 rings (SSSR count). The molecule has 2 aromatic rings. The Morgan fingerprint density at radius 2 is 1.62 bits per heavy atom. The van der Waals surface area contributed by atoms with Crippen molar-refractivity contribution in [3.8, 4) is 0 Å². The zero-order valence-corrected chi connectivity index (χ0v) is 18.0. The smallest absolute Gasteiger partial charge is 0.262 e. The number of hydrogen-bond acceptors (Lipinski definition) is 6. The van der Waals surface area contributed by atoms with Crippen LogP contribution < -0.4 is 5.32 Å². The van der Waals surface area contributed by atoms with Crippen molar-refractivity contribution in [1.82, 2.24) is 15.1 Å². The first-order valence-electron chi connectivity index (χ1n) is 10.0. The summed E-state index contributed by atoms with van der Waals surface area (Å²) in [5.74, 6) is -1.17. The molecule has 29 heavy (non-hydrogen) atoms. The van der Waals surface area contributed by atoms with E-state index in [9.17, 15) is 14.4 Å². The molecule has 7 nitrogen and oxygen atoms in total. The van der Waals surface area contributed by atoms with E-state index in [2.05, 4.69) is 29.4 Å². The second kappa shape index (κ2) is 8.82. The van der Waals surface area contributed by atoms with E-state index >= 15 is 0 Å². The number of aromatic nitrogens is 2. The zero-order valence-electron chi connectivity index (χ0n) is 17.1. The van der Waals surface area contributed by atoms with Gasteiger partial charge in [-0.3, -0.25) is 24.6 Å². The van der Waals surface area contributed by atoms with Gasteiger partial charge in [0.25, 0.3) is 11.8 Å². The van der Waals surface area contributed by atoms with Crippen molar-refractivity contribution in [2.45, 2.75) is 58.9 Å². The number of nitrogens with zero attached hydrogens (tertiary/aromatic N) is 3. The molecule has 0 aliphatic carbocycles. The van der Waals surface area contributed by atoms with Crippen molar-refractivity contribution >= 4 is 34.2 Å². The van der Waals surface area contributed by atoms with Gasteiger partial charge < -0.3 is 0 Å². The Balaban J connectivity index is 1.86. The molecule has 2 atom stereocenters. The van der Waals surface area contributed by atoms with Crippen molar-refractivity contribution in [2.75, 3.05) is 5.32 Å². The van der Waals surface area contributed by atoms with Gasteiger partial charge in [0.2, 0.25) is 11.0 Å². The number of fused-ring (bicyclic) bond motifs is 1. The molecule has 0 spiro atoms. The van der Waals surface area contributed by atoms with Gasteiger partial charge in [-0.2, -0.15) is 0 Å². The van der Waals surface area contributed by atoms with Crippen LogP contribution in [0.1, 0.15) is 78.6 Å². The third-order valence-corrected chi connectivity index (χ3v) is 6.56. The lowest BCUT2D eigenvalue weighted by atomic mass is 9.96. The minimum Gasteiger partial charge on any atom is -0.299 e. The third kappa shape index (κ3) is 3.94. The molecule has 2 heterocycles. The second-order valence-electron chi connectivity index (χ2n) is 7.30. The molecular formula is C21H26N4O3S. The van der Waals surface area contributed by atoms with Crippen LogP contribution in [0.5, 0.6) is 0 Å². The maximum atomic E-state index is 13.1. The highest BCUT2D eigenvalue weighted by Crippen LogP contribution is 2.31. The molecule has 154 valence electrons. The molecule has 1 N–H and O–H groups in total. The van der Waals surface area contributed by atoms with Crippen molar-refractivity contribution in [3.63, 3.8) is 0 Å². The summed E-state index contributed by atoms with van der Waals surface area (Å²) in [5, 5.41) is 12.4. The van der Waals surface area contributed by atoms with Crippen LogP contribution >= 0.6 is 11.3 Å². The summed E-state index contributed by atoms with van der Waals surface area (Å²) in [6, 6.07) is 5.76. The zero-order chi connectivity index (χ0) is 21.1. The molecule has 1 aliphatic heterocycles. The average Bonchev–Trinajstić information content (AvgIpc) is 3.28. The summed E-state index contributed by atoms with van der Waals surface area (Å²) < 4.78 is 0. The molecule has 0 saturated heterocycles. The number of anilines is 1. The van der Waals surface area contributed by atoms with Crippen LogP contribution in [0.2, 0.25) is 0 Å². The molecule has 1 aromatic heterocycles. The number of benzene rings is 1. The van der Waals surface area contributed by atoms with Crippen LogP contribution in [0.15, 0.2) is 24.3 Å². The second-order valence-corrected chi connectivity index (χ2v) is 8.31. The molecule has 3 amide bonds. The fourth-order valence-corrected chi connectivity index (χ4v) is 4.59. The van der Waals surface area contributed by atoms with Gasteiger partial charge in [0.15, 0.2) is 0 Å². The quantitative estimate of drug-likeness (QED) is 0.657. The summed E-state index contributed by atoms with van der Waals surface area (Å²) in [7, 11) is 0. The van der Waals surface area contributed by atoms with Gasteiger partial charge in [0.05, 0.1) is 11.1 Å². The number of hydrogen-bond donors (Lipinski definition) is 1. The number of imide groups is 1. The van der Waals surface area contributed by atoms with Crippen molar-refractivity contribution in [3.05, 3.63) is 40.4 Å². The van der Waals surface area contributed by atoms with Gasteiger partial charge >= 0.3 is 0 Å². The van der Waals surface area contributed by atoms with Crippen molar-refractivity contribution in [1.29, 1.82) is 0 Å². The topological polar surface area (TPSA) is 92.3 Å². The molecule has 0 radical (unpaired) electrons. The first-order chi connectivity index (χ1) is 13.9. The van der Waals surface area contributed by atoms with Crippen molar-refractivity contribution < 1.29 is 14.4 Å². The number of carbonyl (C=O) groups is 3. The molecular weight excluding hydrogens is 388 g/mol. The highest BCUT2D eigenvalue weighted by atomic mass is 32.1. The first-order valence-corrected chi connectivity index (χ1v) is 10.9. The lowest BCUT2D eigenvalue weighted by molar-refractivity contribution is -0.121. The van der Waals surface area contributed by atoms with Crippen LogP contribution in [-0.4, -0.2) is 38.9 Å². The van der Waals surface area contributed by atoms with Crippen LogP contribution in [0, 0.1) is 5.92 Å². The minimum atomic E-state index is -0.909. The maximum absolute atomic E-state index is 13.1. The maximum Gasteiger partial charge on any atom is 0.262 e. The predicted octanol–water partition coefficient (Wildman–Crippen LogP) is 4.09. The fourth-order valence-electron chi connectivity index (χ4n) is 3.58. The van der Waals surface area contributed by atoms with E-state index in [0.29, 0.717) is 28.6 Å². The summed E-state index contributed by atoms with van der Waals surface area (Å²) in [6.07, 6.45) is 2.54. The lowest BCUT2D eigenvalue weighted by Gasteiger charge is -2.29. The highest BCUT2D eigenvalue weighted by molar-refractivity contribution is 7.15. The van der Waals surface area contributed by atoms with Gasteiger partial charge in [0.1, 0.15) is 11.0 Å². The summed E-state index contributed by atoms with van der Waals surface area (Å²) >= 11 is 1.34. The molecule has 8 heteroatoms. The third-order valence-electron chi connectivity index (χ3n) is 5.56. The lowest BCUT2D eigenvalue weighted by Crippen LogP contribution is -2.50.